The third-order valence-corrected chi connectivity index (χ3v) is 6.60. The Morgan fingerprint density at radius 2 is 1.70 bits per heavy atom. The van der Waals surface area contributed by atoms with E-state index in [1.807, 2.05) is 0 Å². The number of nitrogens with one attached hydrogen (secondary N) is 2. The number of piperazine rings is 1. The average molecular weight is 452 g/mol. The Morgan fingerprint density at radius 3 is 2.39 bits per heavy atom. The van der Waals surface area contributed by atoms with Gasteiger partial charge in [0.2, 0.25) is 0 Å². The summed E-state index contributed by atoms with van der Waals surface area (Å²) in [5.74, 6) is -0.619. The van der Waals surface area contributed by atoms with Gasteiger partial charge in [-0.15, -0.1) is 0 Å². The van der Waals surface area contributed by atoms with Gasteiger partial charge >= 0.3 is 11.8 Å². The molecule has 2 heterocycles. The molecule has 33 heavy (non-hydrogen) atoms. The summed E-state index contributed by atoms with van der Waals surface area (Å²) >= 11 is 0. The molecule has 0 saturated carbocycles. The van der Waals surface area contributed by atoms with Crippen LogP contribution in [0, 0.1) is 0 Å². The Hall–Kier alpha value is -3.10. The molecule has 1 atom stereocenters. The van der Waals surface area contributed by atoms with E-state index in [1.165, 1.54) is 16.8 Å². The van der Waals surface area contributed by atoms with Crippen molar-refractivity contribution in [3.8, 4) is 5.75 Å². The van der Waals surface area contributed by atoms with Crippen molar-refractivity contribution < 1.29 is 14.3 Å². The van der Waals surface area contributed by atoms with Gasteiger partial charge in [-0.3, -0.25) is 14.5 Å². The van der Waals surface area contributed by atoms with Gasteiger partial charge in [-0.2, -0.15) is 0 Å². The van der Waals surface area contributed by atoms with Crippen LogP contribution in [0.15, 0.2) is 42.5 Å². The van der Waals surface area contributed by atoms with E-state index in [2.05, 4.69) is 57.6 Å². The van der Waals surface area contributed by atoms with Crippen LogP contribution in [0.5, 0.6) is 5.75 Å². The van der Waals surface area contributed by atoms with Crippen molar-refractivity contribution in [2.75, 3.05) is 70.7 Å². The highest BCUT2D eigenvalue weighted by molar-refractivity contribution is 6.39. The Balaban J connectivity index is 1.43. The summed E-state index contributed by atoms with van der Waals surface area (Å²) in [6.07, 6.45) is 1.03. The maximum Gasteiger partial charge on any atom is 0.313 e. The van der Waals surface area contributed by atoms with Gasteiger partial charge in [0.1, 0.15) is 5.75 Å². The molecule has 1 saturated heterocycles. The van der Waals surface area contributed by atoms with Gasteiger partial charge in [0.25, 0.3) is 0 Å². The molecule has 0 aromatic heterocycles. The van der Waals surface area contributed by atoms with Crippen molar-refractivity contribution in [3.05, 3.63) is 53.6 Å². The molecule has 2 aliphatic heterocycles. The first kappa shape index (κ1) is 23.1. The zero-order valence-corrected chi connectivity index (χ0v) is 19.6. The highest BCUT2D eigenvalue weighted by Crippen LogP contribution is 2.31. The second kappa shape index (κ2) is 10.2. The maximum atomic E-state index is 12.6. The smallest absolute Gasteiger partial charge is 0.313 e. The molecule has 1 fully saturated rings. The fourth-order valence-corrected chi connectivity index (χ4v) is 4.52. The highest BCUT2D eigenvalue weighted by atomic mass is 16.5. The van der Waals surface area contributed by atoms with Gasteiger partial charge in [0, 0.05) is 57.7 Å². The first-order valence-electron chi connectivity index (χ1n) is 11.4. The molecule has 0 aliphatic carbocycles. The SMILES string of the molecule is COc1ccc(NC(=O)C(=O)NCC(c2ccc3c(c2)CCN3C)N2CCN(C)CC2)cc1. The van der Waals surface area contributed by atoms with Crippen LogP contribution in [0.1, 0.15) is 17.2 Å². The Kier molecular flexibility index (Phi) is 7.15. The lowest BCUT2D eigenvalue weighted by atomic mass is 10.00. The van der Waals surface area contributed by atoms with E-state index < -0.39 is 11.8 Å². The van der Waals surface area contributed by atoms with Crippen molar-refractivity contribution in [1.29, 1.82) is 0 Å². The van der Waals surface area contributed by atoms with Crippen LogP contribution >= 0.6 is 0 Å². The summed E-state index contributed by atoms with van der Waals surface area (Å²) in [4.78, 5) is 32.0. The van der Waals surface area contributed by atoms with E-state index in [4.69, 9.17) is 4.74 Å². The molecule has 8 heteroatoms. The summed E-state index contributed by atoms with van der Waals surface area (Å²) < 4.78 is 5.12. The third-order valence-electron chi connectivity index (χ3n) is 6.60. The van der Waals surface area contributed by atoms with Crippen LogP contribution in [0.25, 0.3) is 0 Å². The van der Waals surface area contributed by atoms with Gasteiger partial charge in [0.15, 0.2) is 0 Å². The van der Waals surface area contributed by atoms with E-state index in [0.29, 0.717) is 18.0 Å². The standard InChI is InChI=1S/C25H33N5O3/c1-28-12-14-30(15-13-28)23(18-4-9-22-19(16-18)10-11-29(22)2)17-26-24(31)25(32)27-20-5-7-21(33-3)8-6-20/h4-9,16,23H,10-15,17H2,1-3H3,(H,26,31)(H,27,32). The van der Waals surface area contributed by atoms with Crippen LogP contribution in [-0.2, 0) is 16.0 Å². The van der Waals surface area contributed by atoms with E-state index in [0.717, 1.165) is 39.1 Å². The number of likely N-dealkylation sites (N-methyl/N-ethyl adjacent to an activating group) is 2. The molecule has 0 radical (unpaired) electrons. The van der Waals surface area contributed by atoms with Crippen LogP contribution in [0.2, 0.25) is 0 Å². The lowest BCUT2D eigenvalue weighted by Gasteiger charge is -2.38. The number of benzene rings is 2. The molecule has 0 bridgehead atoms. The van der Waals surface area contributed by atoms with Crippen molar-refractivity contribution in [1.82, 2.24) is 15.1 Å². The van der Waals surface area contributed by atoms with Gasteiger partial charge < -0.3 is 25.2 Å². The molecule has 2 N–H and O–H groups in total. The van der Waals surface area contributed by atoms with Crippen LogP contribution in [-0.4, -0.2) is 82.1 Å². The van der Waals surface area contributed by atoms with Crippen molar-refractivity contribution in [2.45, 2.75) is 12.5 Å². The second-order valence-electron chi connectivity index (χ2n) is 8.81. The number of amides is 2. The number of methoxy groups -OCH3 is 1. The van der Waals surface area contributed by atoms with Gasteiger partial charge in [-0.05, 0) is 54.9 Å². The predicted octanol–water partition coefficient (Wildman–Crippen LogP) is 1.73. The number of carbonyl (C=O) groups is 2. The van der Waals surface area contributed by atoms with E-state index in [-0.39, 0.29) is 6.04 Å². The normalized spacial score (nSPS) is 17.4. The lowest BCUT2D eigenvalue weighted by Crippen LogP contribution is -2.49. The van der Waals surface area contributed by atoms with Crippen LogP contribution in [0.3, 0.4) is 0 Å². The molecule has 0 spiro atoms. The van der Waals surface area contributed by atoms with E-state index >= 15 is 0 Å². The largest absolute Gasteiger partial charge is 0.497 e. The molecule has 2 amide bonds. The van der Waals surface area contributed by atoms with Gasteiger partial charge in [-0.25, -0.2) is 0 Å². The van der Waals surface area contributed by atoms with Gasteiger partial charge in [-0.1, -0.05) is 12.1 Å². The number of carbonyl (C=O) groups excluding carboxylic acids is 2. The maximum absolute atomic E-state index is 12.6. The van der Waals surface area contributed by atoms with Crippen LogP contribution in [0.4, 0.5) is 11.4 Å². The first-order valence-corrected chi connectivity index (χ1v) is 11.4. The number of hydrogen-bond acceptors (Lipinski definition) is 6. The van der Waals surface area contributed by atoms with E-state index in [9.17, 15) is 9.59 Å². The number of fused-ring (bicyclic) bond motifs is 1. The van der Waals surface area contributed by atoms with Crippen molar-refractivity contribution in [2.24, 2.45) is 0 Å². The predicted molar refractivity (Wildman–Crippen MR) is 130 cm³/mol. The number of nitrogens with zero attached hydrogens (tertiary/aromatic N) is 3. The average Bonchev–Trinajstić information content (AvgIpc) is 3.20. The molecule has 8 nitrogen and oxygen atoms in total. The lowest BCUT2D eigenvalue weighted by molar-refractivity contribution is -0.136. The van der Waals surface area contributed by atoms with E-state index in [1.54, 1.807) is 31.4 Å². The highest BCUT2D eigenvalue weighted by Gasteiger charge is 2.27. The molecular weight excluding hydrogens is 418 g/mol. The summed E-state index contributed by atoms with van der Waals surface area (Å²) in [6, 6.07) is 13.5. The number of anilines is 2. The van der Waals surface area contributed by atoms with Crippen molar-refractivity contribution in [3.63, 3.8) is 0 Å². The molecule has 176 valence electrons. The van der Waals surface area contributed by atoms with Gasteiger partial charge in [0.05, 0.1) is 13.2 Å². The second-order valence-corrected chi connectivity index (χ2v) is 8.81. The summed E-state index contributed by atoms with van der Waals surface area (Å²) in [7, 11) is 5.82. The number of rotatable bonds is 6. The topological polar surface area (TPSA) is 77.1 Å². The molecule has 2 aliphatic rings. The summed E-state index contributed by atoms with van der Waals surface area (Å²) in [5.41, 5.74) is 4.36. The number of hydrogen-bond donors (Lipinski definition) is 2. The third kappa shape index (κ3) is 5.46. The minimum absolute atomic E-state index is 0.0210. The fourth-order valence-electron chi connectivity index (χ4n) is 4.52. The first-order chi connectivity index (χ1) is 15.9. The van der Waals surface area contributed by atoms with Crippen LogP contribution < -0.4 is 20.3 Å². The summed E-state index contributed by atoms with van der Waals surface area (Å²) in [6.45, 7) is 5.22. The minimum atomic E-state index is -0.673. The zero-order chi connectivity index (χ0) is 23.4. The van der Waals surface area contributed by atoms with Crippen molar-refractivity contribution >= 4 is 23.2 Å². The summed E-state index contributed by atoms with van der Waals surface area (Å²) in [5, 5.41) is 5.52. The molecule has 2 aromatic rings. The number of ether oxygens (including phenoxy) is 1. The monoisotopic (exact) mass is 451 g/mol. The molecule has 2 aromatic carbocycles. The fraction of sp³-hybridized carbons (Fsp3) is 0.440. The quantitative estimate of drug-likeness (QED) is 0.652. The Morgan fingerprint density at radius 1 is 0.970 bits per heavy atom. The Labute approximate surface area is 195 Å². The molecule has 1 unspecified atom stereocenters. The molecular formula is C25H33N5O3. The minimum Gasteiger partial charge on any atom is -0.497 e. The Bertz CT molecular complexity index is 986. The molecule has 4 rings (SSSR count). The zero-order valence-electron chi connectivity index (χ0n) is 19.6.